The molecular weight excluding hydrogens is 226 g/mol. The fraction of sp³-hybridized carbons (Fsp3) is 0.267. The molecule has 3 nitrogen and oxygen atoms in total. The summed E-state index contributed by atoms with van der Waals surface area (Å²) in [5.41, 5.74) is 3.08. The van der Waals surface area contributed by atoms with E-state index in [4.69, 9.17) is 4.74 Å². The Bertz CT molecular complexity index is 563. The number of aryl methyl sites for hydroxylation is 1. The molecule has 18 heavy (non-hydrogen) atoms. The first kappa shape index (κ1) is 11.2. The quantitative estimate of drug-likeness (QED) is 0.878. The van der Waals surface area contributed by atoms with Crippen LogP contribution in [0.3, 0.4) is 0 Å². The van der Waals surface area contributed by atoms with Gasteiger partial charge in [0.2, 0.25) is 0 Å². The van der Waals surface area contributed by atoms with Crippen LogP contribution in [-0.2, 0) is 6.42 Å². The highest BCUT2D eigenvalue weighted by atomic mass is 16.5. The van der Waals surface area contributed by atoms with Crippen molar-refractivity contribution in [2.75, 3.05) is 0 Å². The second-order valence-electron chi connectivity index (χ2n) is 4.62. The van der Waals surface area contributed by atoms with Gasteiger partial charge in [-0.2, -0.15) is 0 Å². The maximum absolute atomic E-state index is 9.84. The molecule has 1 heterocycles. The number of pyridine rings is 1. The first-order chi connectivity index (χ1) is 8.74. The Morgan fingerprint density at radius 1 is 1.28 bits per heavy atom. The molecule has 1 atom stereocenters. The average molecular weight is 241 g/mol. The molecule has 2 aromatic rings. The molecule has 0 spiro atoms. The predicted octanol–water partition coefficient (Wildman–Crippen LogP) is 3.16. The standard InChI is InChI=1S/C15H15NO2/c1-10-5-6-11(9-16-10)18-15-4-2-3-12-13(15)7-8-14(12)17/h2-6,9,14,17H,7-8H2,1H3. The van der Waals surface area contributed by atoms with Crippen molar-refractivity contribution in [1.82, 2.24) is 4.98 Å². The van der Waals surface area contributed by atoms with Gasteiger partial charge in [-0.1, -0.05) is 12.1 Å². The van der Waals surface area contributed by atoms with Crippen LogP contribution >= 0.6 is 0 Å². The van der Waals surface area contributed by atoms with Gasteiger partial charge in [-0.3, -0.25) is 4.98 Å². The van der Waals surface area contributed by atoms with Gasteiger partial charge in [0.25, 0.3) is 0 Å². The summed E-state index contributed by atoms with van der Waals surface area (Å²) in [4.78, 5) is 4.21. The lowest BCUT2D eigenvalue weighted by molar-refractivity contribution is 0.180. The Kier molecular flexibility index (Phi) is 2.76. The minimum atomic E-state index is -0.348. The molecule has 0 amide bonds. The van der Waals surface area contributed by atoms with Crippen molar-refractivity contribution in [2.45, 2.75) is 25.9 Å². The van der Waals surface area contributed by atoms with Crippen molar-refractivity contribution in [3.05, 3.63) is 53.3 Å². The molecule has 1 unspecified atom stereocenters. The van der Waals surface area contributed by atoms with E-state index in [-0.39, 0.29) is 6.10 Å². The Balaban J connectivity index is 1.92. The van der Waals surface area contributed by atoms with Gasteiger partial charge in [-0.25, -0.2) is 0 Å². The van der Waals surface area contributed by atoms with E-state index in [9.17, 15) is 5.11 Å². The van der Waals surface area contributed by atoms with Crippen LogP contribution in [-0.4, -0.2) is 10.1 Å². The number of hydrogen-bond acceptors (Lipinski definition) is 3. The number of rotatable bonds is 2. The summed E-state index contributed by atoms with van der Waals surface area (Å²) < 4.78 is 5.85. The average Bonchev–Trinajstić information content (AvgIpc) is 2.76. The number of aliphatic hydroxyl groups is 1. The minimum absolute atomic E-state index is 0.348. The minimum Gasteiger partial charge on any atom is -0.455 e. The smallest absolute Gasteiger partial charge is 0.145 e. The lowest BCUT2D eigenvalue weighted by atomic mass is 10.1. The van der Waals surface area contributed by atoms with Crippen LogP contribution in [0.2, 0.25) is 0 Å². The first-order valence-electron chi connectivity index (χ1n) is 6.14. The molecule has 3 rings (SSSR count). The molecule has 92 valence electrons. The zero-order chi connectivity index (χ0) is 12.5. The van der Waals surface area contributed by atoms with Crippen LogP contribution in [0, 0.1) is 6.92 Å². The van der Waals surface area contributed by atoms with Crippen molar-refractivity contribution in [1.29, 1.82) is 0 Å². The highest BCUT2D eigenvalue weighted by molar-refractivity contribution is 5.46. The summed E-state index contributed by atoms with van der Waals surface area (Å²) in [6, 6.07) is 9.66. The van der Waals surface area contributed by atoms with Gasteiger partial charge in [0.05, 0.1) is 12.3 Å². The number of aromatic nitrogens is 1. The van der Waals surface area contributed by atoms with Gasteiger partial charge < -0.3 is 9.84 Å². The SMILES string of the molecule is Cc1ccc(Oc2cccc3c2CCC3O)cn1. The summed E-state index contributed by atoms with van der Waals surface area (Å²) in [7, 11) is 0. The number of hydrogen-bond donors (Lipinski definition) is 1. The summed E-state index contributed by atoms with van der Waals surface area (Å²) in [5, 5.41) is 9.84. The molecule has 3 heteroatoms. The Labute approximate surface area is 106 Å². The lowest BCUT2D eigenvalue weighted by Crippen LogP contribution is -1.93. The zero-order valence-corrected chi connectivity index (χ0v) is 10.3. The van der Waals surface area contributed by atoms with Crippen molar-refractivity contribution in [3.8, 4) is 11.5 Å². The van der Waals surface area contributed by atoms with E-state index in [1.54, 1.807) is 6.20 Å². The number of nitrogens with zero attached hydrogens (tertiary/aromatic N) is 1. The maximum atomic E-state index is 9.84. The number of fused-ring (bicyclic) bond motifs is 1. The molecule has 1 aliphatic carbocycles. The topological polar surface area (TPSA) is 42.4 Å². The van der Waals surface area contributed by atoms with Crippen LogP contribution in [0.15, 0.2) is 36.5 Å². The molecule has 1 aromatic heterocycles. The summed E-state index contributed by atoms with van der Waals surface area (Å²) >= 11 is 0. The van der Waals surface area contributed by atoms with Gasteiger partial charge in [-0.15, -0.1) is 0 Å². The Morgan fingerprint density at radius 3 is 2.94 bits per heavy atom. The van der Waals surface area contributed by atoms with Crippen molar-refractivity contribution >= 4 is 0 Å². The van der Waals surface area contributed by atoms with Gasteiger partial charge >= 0.3 is 0 Å². The largest absolute Gasteiger partial charge is 0.455 e. The van der Waals surface area contributed by atoms with Gasteiger partial charge in [-0.05, 0) is 43.5 Å². The van der Waals surface area contributed by atoms with E-state index in [0.717, 1.165) is 41.2 Å². The normalized spacial score (nSPS) is 17.6. The zero-order valence-electron chi connectivity index (χ0n) is 10.3. The summed E-state index contributed by atoms with van der Waals surface area (Å²) in [6.07, 6.45) is 3.02. The highest BCUT2D eigenvalue weighted by Crippen LogP contribution is 2.38. The van der Waals surface area contributed by atoms with Crippen LogP contribution in [0.25, 0.3) is 0 Å². The predicted molar refractivity (Wildman–Crippen MR) is 68.8 cm³/mol. The van der Waals surface area contributed by atoms with Crippen molar-refractivity contribution in [2.24, 2.45) is 0 Å². The molecule has 1 aliphatic rings. The van der Waals surface area contributed by atoms with E-state index in [0.29, 0.717) is 0 Å². The second-order valence-corrected chi connectivity index (χ2v) is 4.62. The third-order valence-corrected chi connectivity index (χ3v) is 3.31. The highest BCUT2D eigenvalue weighted by Gasteiger charge is 2.23. The number of aliphatic hydroxyl groups excluding tert-OH is 1. The molecule has 1 aromatic carbocycles. The van der Waals surface area contributed by atoms with Crippen LogP contribution in [0.5, 0.6) is 11.5 Å². The second kappa shape index (κ2) is 4.42. The van der Waals surface area contributed by atoms with Crippen molar-refractivity contribution < 1.29 is 9.84 Å². The lowest BCUT2D eigenvalue weighted by Gasteiger charge is -2.10. The van der Waals surface area contributed by atoms with Crippen LogP contribution in [0.1, 0.15) is 29.3 Å². The van der Waals surface area contributed by atoms with Crippen molar-refractivity contribution in [3.63, 3.8) is 0 Å². The molecule has 0 saturated heterocycles. The van der Waals surface area contributed by atoms with Crippen LogP contribution in [0.4, 0.5) is 0 Å². The van der Waals surface area contributed by atoms with Gasteiger partial charge in [0.1, 0.15) is 11.5 Å². The first-order valence-corrected chi connectivity index (χ1v) is 6.14. The Morgan fingerprint density at radius 2 is 2.17 bits per heavy atom. The van der Waals surface area contributed by atoms with E-state index >= 15 is 0 Å². The fourth-order valence-electron chi connectivity index (χ4n) is 2.34. The number of benzene rings is 1. The van der Waals surface area contributed by atoms with E-state index in [2.05, 4.69) is 4.98 Å². The molecule has 0 aliphatic heterocycles. The van der Waals surface area contributed by atoms with E-state index in [1.165, 1.54) is 0 Å². The van der Waals surface area contributed by atoms with Gasteiger partial charge in [0.15, 0.2) is 0 Å². The molecule has 0 radical (unpaired) electrons. The van der Waals surface area contributed by atoms with Crippen LogP contribution < -0.4 is 4.74 Å². The van der Waals surface area contributed by atoms with E-state index < -0.39 is 0 Å². The molecule has 0 fully saturated rings. The summed E-state index contributed by atoms with van der Waals surface area (Å²) in [5.74, 6) is 1.56. The molecule has 0 bridgehead atoms. The van der Waals surface area contributed by atoms with Gasteiger partial charge in [0, 0.05) is 11.3 Å². The maximum Gasteiger partial charge on any atom is 0.145 e. The molecule has 0 saturated carbocycles. The summed E-state index contributed by atoms with van der Waals surface area (Å²) in [6.45, 7) is 1.94. The third-order valence-electron chi connectivity index (χ3n) is 3.31. The molecular formula is C15H15NO2. The number of ether oxygens (including phenoxy) is 1. The third kappa shape index (κ3) is 1.97. The molecule has 1 N–H and O–H groups in total. The Hall–Kier alpha value is -1.87. The van der Waals surface area contributed by atoms with E-state index in [1.807, 2.05) is 37.3 Å². The monoisotopic (exact) mass is 241 g/mol. The fourth-order valence-corrected chi connectivity index (χ4v) is 2.34.